The number of halogens is 1. The Morgan fingerprint density at radius 2 is 1.89 bits per heavy atom. The van der Waals surface area contributed by atoms with Gasteiger partial charge in [-0.05, 0) is 49.2 Å². The first kappa shape index (κ1) is 24.1. The fourth-order valence-corrected chi connectivity index (χ4v) is 5.76. The van der Waals surface area contributed by atoms with E-state index in [9.17, 15) is 14.3 Å². The maximum atomic E-state index is 13.2. The van der Waals surface area contributed by atoms with Gasteiger partial charge in [0.15, 0.2) is 0 Å². The van der Waals surface area contributed by atoms with Gasteiger partial charge in [-0.25, -0.2) is 9.37 Å². The second-order valence-electron chi connectivity index (χ2n) is 9.48. The molecule has 2 aromatic carbocycles. The molecular formula is C26H31FN4O3S. The fraction of sp³-hybridized carbons (Fsp3) is 0.462. The van der Waals surface area contributed by atoms with Crippen LogP contribution in [0.4, 0.5) is 10.1 Å². The van der Waals surface area contributed by atoms with E-state index >= 15 is 0 Å². The number of amides is 1. The summed E-state index contributed by atoms with van der Waals surface area (Å²) < 4.78 is 20.2. The highest BCUT2D eigenvalue weighted by Crippen LogP contribution is 2.27. The molecule has 2 aliphatic rings. The van der Waals surface area contributed by atoms with E-state index in [2.05, 4.69) is 14.8 Å². The Labute approximate surface area is 208 Å². The molecule has 3 aromatic rings. The van der Waals surface area contributed by atoms with Crippen LogP contribution in [-0.2, 0) is 4.79 Å². The summed E-state index contributed by atoms with van der Waals surface area (Å²) in [7, 11) is 0. The third kappa shape index (κ3) is 5.98. The highest BCUT2D eigenvalue weighted by molar-refractivity contribution is 7.18. The van der Waals surface area contributed by atoms with Crippen molar-refractivity contribution in [3.05, 3.63) is 53.3 Å². The highest BCUT2D eigenvalue weighted by atomic mass is 32.1. The number of carbonyl (C=O) groups excluding carboxylic acids is 1. The molecule has 0 bridgehead atoms. The summed E-state index contributed by atoms with van der Waals surface area (Å²) in [6.07, 6.45) is -0.0361. The zero-order valence-corrected chi connectivity index (χ0v) is 20.7. The zero-order chi connectivity index (χ0) is 24.4. The van der Waals surface area contributed by atoms with Gasteiger partial charge in [-0.2, -0.15) is 0 Å². The number of anilines is 1. The number of aliphatic hydroxyl groups excluding tert-OH is 1. The Balaban J connectivity index is 1.03. The summed E-state index contributed by atoms with van der Waals surface area (Å²) in [6.45, 7) is 7.94. The molecule has 2 saturated heterocycles. The highest BCUT2D eigenvalue weighted by Gasteiger charge is 2.32. The van der Waals surface area contributed by atoms with E-state index < -0.39 is 6.10 Å². The molecule has 3 heterocycles. The molecule has 7 nitrogen and oxygen atoms in total. The molecule has 186 valence electrons. The molecule has 0 aliphatic carbocycles. The molecule has 9 heteroatoms. The number of benzene rings is 2. The van der Waals surface area contributed by atoms with Gasteiger partial charge in [-0.3, -0.25) is 9.69 Å². The molecule has 1 unspecified atom stereocenters. The number of fused-ring (bicyclic) bond motifs is 1. The molecule has 0 radical (unpaired) electrons. The number of hydrogen-bond donors (Lipinski definition) is 1. The number of thiazole rings is 1. The van der Waals surface area contributed by atoms with Crippen LogP contribution < -0.4 is 9.64 Å². The molecule has 1 N–H and O–H groups in total. The van der Waals surface area contributed by atoms with Crippen LogP contribution in [0.3, 0.4) is 0 Å². The van der Waals surface area contributed by atoms with Gasteiger partial charge >= 0.3 is 0 Å². The average molecular weight is 499 g/mol. The van der Waals surface area contributed by atoms with Gasteiger partial charge in [0, 0.05) is 64.0 Å². The predicted octanol–water partition coefficient (Wildman–Crippen LogP) is 3.15. The second-order valence-corrected chi connectivity index (χ2v) is 10.7. The van der Waals surface area contributed by atoms with Gasteiger partial charge in [0.05, 0.1) is 15.2 Å². The monoisotopic (exact) mass is 498 g/mol. The lowest BCUT2D eigenvalue weighted by molar-refractivity contribution is -0.117. The van der Waals surface area contributed by atoms with Crippen LogP contribution in [0.5, 0.6) is 5.75 Å². The molecule has 1 amide bonds. The lowest BCUT2D eigenvalue weighted by Crippen LogP contribution is -2.50. The van der Waals surface area contributed by atoms with E-state index in [1.807, 2.05) is 25.1 Å². The van der Waals surface area contributed by atoms with E-state index in [0.29, 0.717) is 19.5 Å². The van der Waals surface area contributed by atoms with Gasteiger partial charge in [0.25, 0.3) is 0 Å². The number of aryl methyl sites for hydroxylation is 1. The molecule has 5 rings (SSSR count). The number of carbonyl (C=O) groups is 1. The van der Waals surface area contributed by atoms with Crippen LogP contribution in [0.1, 0.15) is 11.4 Å². The van der Waals surface area contributed by atoms with E-state index in [4.69, 9.17) is 4.74 Å². The van der Waals surface area contributed by atoms with Crippen molar-refractivity contribution in [1.29, 1.82) is 0 Å². The number of hydrogen-bond acceptors (Lipinski definition) is 7. The minimum absolute atomic E-state index is 0.104. The van der Waals surface area contributed by atoms with Crippen molar-refractivity contribution in [1.82, 2.24) is 14.8 Å². The van der Waals surface area contributed by atoms with Crippen molar-refractivity contribution in [2.45, 2.75) is 19.4 Å². The molecule has 0 saturated carbocycles. The first-order valence-electron chi connectivity index (χ1n) is 12.1. The van der Waals surface area contributed by atoms with Crippen LogP contribution in [0.25, 0.3) is 10.2 Å². The predicted molar refractivity (Wildman–Crippen MR) is 136 cm³/mol. The van der Waals surface area contributed by atoms with Gasteiger partial charge in [-0.15, -0.1) is 11.3 Å². The van der Waals surface area contributed by atoms with E-state index in [1.54, 1.807) is 28.4 Å². The standard InChI is InChI=1S/C26H31FN4O3S/c1-18-28-24-13-23(6-7-25(24)35-18)34-17-22(32)16-30-10-8-29(9-11-30)14-19-12-26(33)31(15-19)21-4-2-20(27)3-5-21/h2-7,13,19,22,32H,8-12,14-17H2,1H3/t19?,22-/m1/s1. The fourth-order valence-electron chi connectivity index (χ4n) is 4.95. The number of nitrogens with zero attached hydrogens (tertiary/aromatic N) is 4. The number of aromatic nitrogens is 1. The third-order valence-corrected chi connectivity index (χ3v) is 7.65. The topological polar surface area (TPSA) is 69.1 Å². The first-order valence-corrected chi connectivity index (χ1v) is 12.9. The van der Waals surface area contributed by atoms with Crippen LogP contribution in [-0.4, -0.2) is 84.3 Å². The average Bonchev–Trinajstić information content (AvgIpc) is 3.40. The van der Waals surface area contributed by atoms with Gasteiger partial charge in [0.2, 0.25) is 5.91 Å². The Morgan fingerprint density at radius 3 is 2.66 bits per heavy atom. The molecule has 2 atom stereocenters. The van der Waals surface area contributed by atoms with Crippen LogP contribution >= 0.6 is 11.3 Å². The lowest BCUT2D eigenvalue weighted by Gasteiger charge is -2.36. The van der Waals surface area contributed by atoms with Crippen molar-refractivity contribution in [2.24, 2.45) is 5.92 Å². The SMILES string of the molecule is Cc1nc2cc(OC[C@H](O)CN3CCN(CC4CC(=O)N(c5ccc(F)cc5)C4)CC3)ccc2s1. The van der Waals surface area contributed by atoms with E-state index in [0.717, 1.165) is 59.4 Å². The summed E-state index contributed by atoms with van der Waals surface area (Å²) in [4.78, 5) is 23.4. The Bertz CT molecular complexity index is 1160. The Kier molecular flexibility index (Phi) is 7.29. The van der Waals surface area contributed by atoms with E-state index in [-0.39, 0.29) is 24.2 Å². The minimum atomic E-state index is -0.564. The van der Waals surface area contributed by atoms with Crippen LogP contribution in [0.2, 0.25) is 0 Å². The zero-order valence-electron chi connectivity index (χ0n) is 19.9. The summed E-state index contributed by atoms with van der Waals surface area (Å²) in [5.41, 5.74) is 1.70. The Hall–Kier alpha value is -2.59. The molecular weight excluding hydrogens is 467 g/mol. The summed E-state index contributed by atoms with van der Waals surface area (Å²) in [5, 5.41) is 11.5. The van der Waals surface area contributed by atoms with Crippen molar-refractivity contribution in [3.8, 4) is 5.75 Å². The maximum Gasteiger partial charge on any atom is 0.227 e. The first-order chi connectivity index (χ1) is 16.9. The van der Waals surface area contributed by atoms with Crippen molar-refractivity contribution in [2.75, 3.05) is 57.3 Å². The number of ether oxygens (including phenoxy) is 1. The number of piperazine rings is 1. The summed E-state index contributed by atoms with van der Waals surface area (Å²) in [5.74, 6) is 0.815. The molecule has 1 aromatic heterocycles. The quantitative estimate of drug-likeness (QED) is 0.515. The second kappa shape index (κ2) is 10.6. The summed E-state index contributed by atoms with van der Waals surface area (Å²) >= 11 is 1.66. The maximum absolute atomic E-state index is 13.2. The van der Waals surface area contributed by atoms with Gasteiger partial charge in [-0.1, -0.05) is 0 Å². The number of β-amino-alcohol motifs (C(OH)–C–C–N with tert-alkyl or cyclic N) is 1. The minimum Gasteiger partial charge on any atom is -0.491 e. The molecule has 0 spiro atoms. The van der Waals surface area contributed by atoms with Gasteiger partial charge in [0.1, 0.15) is 24.3 Å². The normalized spacial score (nSPS) is 20.6. The Morgan fingerprint density at radius 1 is 1.14 bits per heavy atom. The van der Waals surface area contributed by atoms with Crippen molar-refractivity contribution < 1.29 is 19.0 Å². The molecule has 2 aliphatic heterocycles. The third-order valence-electron chi connectivity index (χ3n) is 6.70. The van der Waals surface area contributed by atoms with Crippen LogP contribution in [0, 0.1) is 18.7 Å². The number of rotatable bonds is 8. The molecule has 35 heavy (non-hydrogen) atoms. The van der Waals surface area contributed by atoms with Crippen molar-refractivity contribution in [3.63, 3.8) is 0 Å². The van der Waals surface area contributed by atoms with E-state index in [1.165, 1.54) is 12.1 Å². The molecule has 2 fully saturated rings. The summed E-state index contributed by atoms with van der Waals surface area (Å²) in [6, 6.07) is 12.0. The van der Waals surface area contributed by atoms with Gasteiger partial charge < -0.3 is 19.6 Å². The lowest BCUT2D eigenvalue weighted by atomic mass is 10.1. The van der Waals surface area contributed by atoms with Crippen LogP contribution in [0.15, 0.2) is 42.5 Å². The van der Waals surface area contributed by atoms with Crippen molar-refractivity contribution >= 4 is 33.1 Å². The largest absolute Gasteiger partial charge is 0.491 e. The smallest absolute Gasteiger partial charge is 0.227 e. The number of aliphatic hydroxyl groups is 1.